The Morgan fingerprint density at radius 3 is 2.65 bits per heavy atom. The topological polar surface area (TPSA) is 46.2 Å². The van der Waals surface area contributed by atoms with E-state index in [4.69, 9.17) is 11.6 Å². The van der Waals surface area contributed by atoms with E-state index in [-0.39, 0.29) is 11.5 Å². The summed E-state index contributed by atoms with van der Waals surface area (Å²) in [7, 11) is -2.94. The third-order valence-electron chi connectivity index (χ3n) is 2.17. The lowest BCUT2D eigenvalue weighted by Gasteiger charge is -2.08. The number of hydrogen-bond acceptors (Lipinski definition) is 3. The normalized spacial score (nSPS) is 11.5. The molecule has 0 bridgehead atoms. The smallest absolute Gasteiger partial charge is 0.152 e. The van der Waals surface area contributed by atoms with Gasteiger partial charge in [0.05, 0.1) is 16.5 Å². The number of sulfone groups is 1. The maximum Gasteiger partial charge on any atom is 0.152 e. The van der Waals surface area contributed by atoms with Crippen LogP contribution in [0, 0.1) is 0 Å². The van der Waals surface area contributed by atoms with Gasteiger partial charge in [-0.2, -0.15) is 0 Å². The van der Waals surface area contributed by atoms with Crippen LogP contribution in [0.4, 0.5) is 5.69 Å². The predicted molar refractivity (Wildman–Crippen MR) is 76.6 cm³/mol. The third-order valence-corrected chi connectivity index (χ3v) is 4.84. The highest BCUT2D eigenvalue weighted by molar-refractivity contribution is 9.10. The Hall–Kier alpha value is -0.260. The first-order valence-corrected chi connectivity index (χ1v) is 8.33. The monoisotopic (exact) mass is 339 g/mol. The summed E-state index contributed by atoms with van der Waals surface area (Å²) in [6.07, 6.45) is 0.654. The van der Waals surface area contributed by atoms with Crippen LogP contribution < -0.4 is 5.32 Å². The summed E-state index contributed by atoms with van der Waals surface area (Å²) in [4.78, 5) is 0. The van der Waals surface area contributed by atoms with Crippen molar-refractivity contribution in [1.82, 2.24) is 0 Å². The Morgan fingerprint density at radius 1 is 1.35 bits per heavy atom. The molecule has 6 heteroatoms. The summed E-state index contributed by atoms with van der Waals surface area (Å²) < 4.78 is 23.9. The molecule has 1 rings (SSSR count). The highest BCUT2D eigenvalue weighted by atomic mass is 79.9. The highest BCUT2D eigenvalue weighted by Crippen LogP contribution is 2.25. The van der Waals surface area contributed by atoms with Gasteiger partial charge in [0.1, 0.15) is 0 Å². The highest BCUT2D eigenvalue weighted by Gasteiger charge is 2.09. The van der Waals surface area contributed by atoms with Crippen molar-refractivity contribution in [1.29, 1.82) is 0 Å². The van der Waals surface area contributed by atoms with E-state index in [1.165, 1.54) is 0 Å². The van der Waals surface area contributed by atoms with E-state index >= 15 is 0 Å². The van der Waals surface area contributed by atoms with Crippen molar-refractivity contribution in [3.8, 4) is 0 Å². The molecule has 0 amide bonds. The van der Waals surface area contributed by atoms with E-state index in [2.05, 4.69) is 21.2 Å². The summed E-state index contributed by atoms with van der Waals surface area (Å²) in [5, 5.41) is 3.60. The summed E-state index contributed by atoms with van der Waals surface area (Å²) >= 11 is 9.31. The fourth-order valence-corrected chi connectivity index (χ4v) is 3.37. The molecule has 1 N–H and O–H groups in total. The Balaban J connectivity index is 2.51. The lowest BCUT2D eigenvalue weighted by atomic mass is 10.3. The molecular weight excluding hydrogens is 326 g/mol. The average Bonchev–Trinajstić information content (AvgIpc) is 2.21. The number of benzene rings is 1. The van der Waals surface area contributed by atoms with E-state index in [0.29, 0.717) is 18.0 Å². The summed E-state index contributed by atoms with van der Waals surface area (Å²) in [5.41, 5.74) is 0.751. The molecule has 0 aromatic heterocycles. The average molecular weight is 341 g/mol. The zero-order valence-electron chi connectivity index (χ0n) is 9.54. The molecule has 0 spiro atoms. The van der Waals surface area contributed by atoms with Crippen LogP contribution in [0.3, 0.4) is 0 Å². The van der Waals surface area contributed by atoms with Gasteiger partial charge in [0.15, 0.2) is 9.84 Å². The minimum absolute atomic E-state index is 0.132. The van der Waals surface area contributed by atoms with Crippen LogP contribution in [0.1, 0.15) is 13.3 Å². The number of rotatable bonds is 6. The van der Waals surface area contributed by atoms with Gasteiger partial charge in [-0.05, 0) is 24.6 Å². The fourth-order valence-electron chi connectivity index (χ4n) is 1.39. The first-order valence-electron chi connectivity index (χ1n) is 5.34. The Morgan fingerprint density at radius 2 is 2.06 bits per heavy atom. The van der Waals surface area contributed by atoms with Crippen LogP contribution in [0.2, 0.25) is 5.02 Å². The lowest BCUT2D eigenvalue weighted by molar-refractivity contribution is 0.595. The van der Waals surface area contributed by atoms with Crippen molar-refractivity contribution < 1.29 is 8.42 Å². The van der Waals surface area contributed by atoms with Gasteiger partial charge in [0, 0.05) is 16.8 Å². The number of hydrogen-bond donors (Lipinski definition) is 1. The fraction of sp³-hybridized carbons (Fsp3) is 0.455. The van der Waals surface area contributed by atoms with Crippen molar-refractivity contribution in [3.05, 3.63) is 27.7 Å². The molecule has 0 saturated carbocycles. The third kappa shape index (κ3) is 5.27. The summed E-state index contributed by atoms with van der Waals surface area (Å²) in [5.74, 6) is 0.371. The predicted octanol–water partition coefficient (Wildman–Crippen LogP) is 3.34. The van der Waals surface area contributed by atoms with Crippen molar-refractivity contribution in [3.63, 3.8) is 0 Å². The van der Waals surface area contributed by atoms with E-state index in [0.717, 1.165) is 10.2 Å². The Bertz CT molecular complexity index is 476. The molecule has 1 aromatic carbocycles. The van der Waals surface area contributed by atoms with Gasteiger partial charge in [0.25, 0.3) is 0 Å². The maximum absolute atomic E-state index is 11.5. The second-order valence-corrected chi connectivity index (χ2v) is 7.33. The molecule has 0 aliphatic heterocycles. The van der Waals surface area contributed by atoms with E-state index in [1.54, 1.807) is 6.07 Å². The van der Waals surface area contributed by atoms with E-state index in [1.807, 2.05) is 19.1 Å². The molecule has 0 aliphatic carbocycles. The van der Waals surface area contributed by atoms with Gasteiger partial charge in [0.2, 0.25) is 0 Å². The van der Waals surface area contributed by atoms with Crippen molar-refractivity contribution in [2.45, 2.75) is 13.3 Å². The SMILES string of the molecule is CCCS(=O)(=O)CCNc1ccc(Br)cc1Cl. The van der Waals surface area contributed by atoms with Gasteiger partial charge in [-0.25, -0.2) is 8.42 Å². The Kier molecular flexibility index (Phi) is 5.76. The molecule has 17 heavy (non-hydrogen) atoms. The van der Waals surface area contributed by atoms with Crippen LogP contribution in [0.25, 0.3) is 0 Å². The summed E-state index contributed by atoms with van der Waals surface area (Å²) in [6.45, 7) is 2.24. The van der Waals surface area contributed by atoms with Crippen LogP contribution >= 0.6 is 27.5 Å². The quantitative estimate of drug-likeness (QED) is 0.864. The van der Waals surface area contributed by atoms with Gasteiger partial charge in [-0.1, -0.05) is 34.5 Å². The molecule has 0 unspecified atom stereocenters. The molecular formula is C11H15BrClNO2S. The lowest BCUT2D eigenvalue weighted by Crippen LogP contribution is -2.18. The molecule has 0 aliphatic rings. The van der Waals surface area contributed by atoms with Crippen LogP contribution in [-0.2, 0) is 9.84 Å². The molecule has 0 radical (unpaired) electrons. The number of anilines is 1. The second kappa shape index (κ2) is 6.61. The minimum atomic E-state index is -2.94. The number of halogens is 2. The van der Waals surface area contributed by atoms with Crippen LogP contribution in [0.15, 0.2) is 22.7 Å². The molecule has 3 nitrogen and oxygen atoms in total. The van der Waals surface area contributed by atoms with Crippen LogP contribution in [0.5, 0.6) is 0 Å². The van der Waals surface area contributed by atoms with Crippen molar-refractivity contribution in [2.24, 2.45) is 0 Å². The van der Waals surface area contributed by atoms with Gasteiger partial charge in [-0.15, -0.1) is 0 Å². The zero-order valence-corrected chi connectivity index (χ0v) is 12.7. The zero-order chi connectivity index (χ0) is 12.9. The standard InChI is InChI=1S/C11H15BrClNO2S/c1-2-6-17(15,16)7-5-14-11-4-3-9(12)8-10(11)13/h3-4,8,14H,2,5-7H2,1H3. The largest absolute Gasteiger partial charge is 0.383 e. The van der Waals surface area contributed by atoms with Crippen molar-refractivity contribution >= 4 is 43.1 Å². The maximum atomic E-state index is 11.5. The summed E-state index contributed by atoms with van der Waals surface area (Å²) in [6, 6.07) is 5.44. The molecule has 96 valence electrons. The van der Waals surface area contributed by atoms with Crippen LogP contribution in [-0.4, -0.2) is 26.5 Å². The van der Waals surface area contributed by atoms with Gasteiger partial charge in [-0.3, -0.25) is 0 Å². The molecule has 0 atom stereocenters. The number of nitrogens with one attached hydrogen (secondary N) is 1. The van der Waals surface area contributed by atoms with E-state index < -0.39 is 9.84 Å². The van der Waals surface area contributed by atoms with Crippen molar-refractivity contribution in [2.75, 3.05) is 23.4 Å². The first kappa shape index (κ1) is 14.8. The second-order valence-electron chi connectivity index (χ2n) is 3.70. The van der Waals surface area contributed by atoms with E-state index in [9.17, 15) is 8.42 Å². The molecule has 1 aromatic rings. The molecule has 0 heterocycles. The van der Waals surface area contributed by atoms with Gasteiger partial charge < -0.3 is 5.32 Å². The first-order chi connectivity index (χ1) is 7.94. The molecule has 0 saturated heterocycles. The minimum Gasteiger partial charge on any atom is -0.383 e. The molecule has 0 fully saturated rings. The Labute approximate surface area is 116 Å². The van der Waals surface area contributed by atoms with Gasteiger partial charge >= 0.3 is 0 Å².